The molecule has 2 heterocycles. The van der Waals surface area contributed by atoms with Gasteiger partial charge < -0.3 is 20.1 Å². The second kappa shape index (κ2) is 16.1. The van der Waals surface area contributed by atoms with Gasteiger partial charge in [0.25, 0.3) is 5.91 Å². The molecule has 4 aromatic rings. The number of amides is 4. The Morgan fingerprint density at radius 3 is 2.34 bits per heavy atom. The number of carbonyl (C=O) groups excluding carboxylic acids is 4. The minimum absolute atomic E-state index is 0.149. The first-order valence-electron chi connectivity index (χ1n) is 16.4. The maximum absolute atomic E-state index is 13.1. The van der Waals surface area contributed by atoms with E-state index in [2.05, 4.69) is 22.8 Å². The molecular formula is C39H36ClN3O6S. The standard InChI is InChI=1S/C39H36ClN3O6S/c40-20-19-30(25-5-2-1-3-6-25)37(26-9-13-28(44)14-10-26)27-11-15-29(16-12-27)49-22-21-41-36(46)24-50-34-8-4-7-31-32(34)23-43(39(31)48)33-17-18-35(45)42-38(33)47/h1-16,33,44H,17-24H2,(H,41,46)(H,42,45,47)/b37-30-. The number of imide groups is 1. The highest BCUT2D eigenvalue weighted by Crippen LogP contribution is 2.37. The van der Waals surface area contributed by atoms with Gasteiger partial charge in [-0.15, -0.1) is 23.4 Å². The number of halogens is 1. The molecule has 2 aliphatic rings. The number of benzene rings is 4. The Kier molecular flexibility index (Phi) is 11.2. The van der Waals surface area contributed by atoms with Crippen molar-refractivity contribution in [1.82, 2.24) is 15.5 Å². The van der Waals surface area contributed by atoms with Crippen molar-refractivity contribution in [3.8, 4) is 11.5 Å². The summed E-state index contributed by atoms with van der Waals surface area (Å²) < 4.78 is 5.94. The van der Waals surface area contributed by atoms with E-state index in [9.17, 15) is 24.3 Å². The molecule has 1 saturated heterocycles. The molecule has 50 heavy (non-hydrogen) atoms. The molecule has 0 aromatic heterocycles. The van der Waals surface area contributed by atoms with Gasteiger partial charge in [0.15, 0.2) is 0 Å². The maximum Gasteiger partial charge on any atom is 0.255 e. The third-order valence-corrected chi connectivity index (χ3v) is 9.95. The van der Waals surface area contributed by atoms with Gasteiger partial charge >= 0.3 is 0 Å². The largest absolute Gasteiger partial charge is 0.508 e. The molecule has 0 radical (unpaired) electrons. The molecule has 3 N–H and O–H groups in total. The third-order valence-electron chi connectivity index (χ3n) is 8.66. The topological polar surface area (TPSA) is 125 Å². The number of phenols is 1. The van der Waals surface area contributed by atoms with Crippen molar-refractivity contribution in [2.75, 3.05) is 24.8 Å². The quantitative estimate of drug-likeness (QED) is 0.0509. The van der Waals surface area contributed by atoms with Crippen molar-refractivity contribution >= 4 is 58.1 Å². The summed E-state index contributed by atoms with van der Waals surface area (Å²) in [5, 5.41) is 15.1. The van der Waals surface area contributed by atoms with Gasteiger partial charge in [-0.25, -0.2) is 0 Å². The number of phenolic OH excluding ortho intramolecular Hbond substituents is 1. The molecule has 11 heteroatoms. The number of fused-ring (bicyclic) bond motifs is 1. The molecule has 0 spiro atoms. The zero-order valence-corrected chi connectivity index (χ0v) is 28.8. The highest BCUT2D eigenvalue weighted by atomic mass is 35.5. The summed E-state index contributed by atoms with van der Waals surface area (Å²) in [6.45, 7) is 0.834. The Balaban J connectivity index is 1.04. The van der Waals surface area contributed by atoms with Crippen molar-refractivity contribution in [3.63, 3.8) is 0 Å². The van der Waals surface area contributed by atoms with E-state index in [-0.39, 0.29) is 48.8 Å². The van der Waals surface area contributed by atoms with Gasteiger partial charge in [0.05, 0.1) is 12.3 Å². The number of alkyl halides is 1. The molecule has 1 atom stereocenters. The number of rotatable bonds is 13. The first-order chi connectivity index (χ1) is 24.3. The van der Waals surface area contributed by atoms with Crippen LogP contribution in [-0.2, 0) is 20.9 Å². The summed E-state index contributed by atoms with van der Waals surface area (Å²) in [6.07, 6.45) is 1.14. The van der Waals surface area contributed by atoms with E-state index in [1.165, 1.54) is 16.7 Å². The summed E-state index contributed by atoms with van der Waals surface area (Å²) >= 11 is 7.60. The lowest BCUT2D eigenvalue weighted by atomic mass is 9.88. The first-order valence-corrected chi connectivity index (χ1v) is 17.9. The van der Waals surface area contributed by atoms with E-state index in [4.69, 9.17) is 16.3 Å². The van der Waals surface area contributed by atoms with Crippen molar-refractivity contribution in [2.45, 2.75) is 36.7 Å². The van der Waals surface area contributed by atoms with E-state index in [0.29, 0.717) is 36.6 Å². The summed E-state index contributed by atoms with van der Waals surface area (Å²) in [6, 6.07) is 29.7. The molecule has 4 amide bonds. The van der Waals surface area contributed by atoms with Crippen LogP contribution in [0.1, 0.15) is 51.9 Å². The lowest BCUT2D eigenvalue weighted by Crippen LogP contribution is -2.52. The SMILES string of the molecule is O=C(CSc1cccc2c1CN(C1CCC(=O)NC1=O)C2=O)NCCOc1ccc(/C(=C(/CCCl)c2ccccc2)c2ccc(O)cc2)cc1. The van der Waals surface area contributed by atoms with Crippen LogP contribution < -0.4 is 15.4 Å². The monoisotopic (exact) mass is 709 g/mol. The predicted octanol–water partition coefficient (Wildman–Crippen LogP) is 6.03. The number of hydrogen-bond acceptors (Lipinski definition) is 7. The molecule has 2 aliphatic heterocycles. The van der Waals surface area contributed by atoms with Crippen molar-refractivity contribution in [3.05, 3.63) is 125 Å². The van der Waals surface area contributed by atoms with Gasteiger partial charge in [0.2, 0.25) is 17.7 Å². The lowest BCUT2D eigenvalue weighted by Gasteiger charge is -2.29. The molecule has 256 valence electrons. The smallest absolute Gasteiger partial charge is 0.255 e. The fraction of sp³-hybridized carbons (Fsp3) is 0.231. The minimum Gasteiger partial charge on any atom is -0.508 e. The maximum atomic E-state index is 13.1. The van der Waals surface area contributed by atoms with Crippen LogP contribution in [0.2, 0.25) is 0 Å². The molecule has 6 rings (SSSR count). The fourth-order valence-corrected chi connectivity index (χ4v) is 7.36. The highest BCUT2D eigenvalue weighted by Gasteiger charge is 2.39. The zero-order chi connectivity index (χ0) is 35.0. The molecule has 0 aliphatic carbocycles. The average Bonchev–Trinajstić information content (AvgIpc) is 3.46. The second-order valence-corrected chi connectivity index (χ2v) is 13.3. The van der Waals surface area contributed by atoms with Crippen molar-refractivity contribution in [2.24, 2.45) is 0 Å². The first kappa shape index (κ1) is 34.8. The molecule has 1 unspecified atom stereocenters. The van der Waals surface area contributed by atoms with Crippen LogP contribution >= 0.6 is 23.4 Å². The molecule has 0 bridgehead atoms. The number of nitrogens with one attached hydrogen (secondary N) is 2. The Morgan fingerprint density at radius 2 is 1.64 bits per heavy atom. The summed E-state index contributed by atoms with van der Waals surface area (Å²) in [4.78, 5) is 52.1. The van der Waals surface area contributed by atoms with E-state index in [0.717, 1.165) is 38.3 Å². The fourth-order valence-electron chi connectivity index (χ4n) is 6.25. The average molecular weight is 710 g/mol. The van der Waals surface area contributed by atoms with Gasteiger partial charge in [-0.1, -0.05) is 60.7 Å². The van der Waals surface area contributed by atoms with Gasteiger partial charge in [-0.05, 0) is 82.6 Å². The summed E-state index contributed by atoms with van der Waals surface area (Å²) in [5.74, 6) is 0.255. The number of carbonyl (C=O) groups is 4. The van der Waals surface area contributed by atoms with E-state index >= 15 is 0 Å². The molecule has 9 nitrogen and oxygen atoms in total. The van der Waals surface area contributed by atoms with Gasteiger partial charge in [0.1, 0.15) is 24.1 Å². The summed E-state index contributed by atoms with van der Waals surface area (Å²) in [5.41, 5.74) is 6.43. The summed E-state index contributed by atoms with van der Waals surface area (Å²) in [7, 11) is 0. The Morgan fingerprint density at radius 1 is 0.920 bits per heavy atom. The molecule has 0 saturated carbocycles. The Bertz CT molecular complexity index is 1910. The lowest BCUT2D eigenvalue weighted by molar-refractivity contribution is -0.137. The Hall–Kier alpha value is -5.06. The number of nitrogens with zero attached hydrogens (tertiary/aromatic N) is 1. The number of piperidine rings is 1. The van der Waals surface area contributed by atoms with Gasteiger partial charge in [0, 0.05) is 29.3 Å². The number of allylic oxidation sites excluding steroid dienone is 1. The van der Waals surface area contributed by atoms with Crippen LogP contribution in [0.5, 0.6) is 11.5 Å². The van der Waals surface area contributed by atoms with Crippen molar-refractivity contribution in [1.29, 1.82) is 0 Å². The number of aromatic hydroxyl groups is 1. The van der Waals surface area contributed by atoms with E-state index in [1.807, 2.05) is 60.7 Å². The number of ether oxygens (including phenoxy) is 1. The second-order valence-electron chi connectivity index (χ2n) is 11.9. The normalized spacial score (nSPS) is 16.1. The van der Waals surface area contributed by atoms with Crippen LogP contribution in [0, 0.1) is 0 Å². The van der Waals surface area contributed by atoms with Crippen LogP contribution in [0.15, 0.2) is 102 Å². The van der Waals surface area contributed by atoms with E-state index in [1.54, 1.807) is 24.3 Å². The predicted molar refractivity (Wildman–Crippen MR) is 194 cm³/mol. The van der Waals surface area contributed by atoms with Crippen LogP contribution in [0.3, 0.4) is 0 Å². The Labute approximate surface area is 299 Å². The number of hydrogen-bond donors (Lipinski definition) is 3. The van der Waals surface area contributed by atoms with E-state index < -0.39 is 11.9 Å². The van der Waals surface area contributed by atoms with Crippen LogP contribution in [0.25, 0.3) is 11.1 Å². The molecule has 1 fully saturated rings. The highest BCUT2D eigenvalue weighted by molar-refractivity contribution is 8.00. The zero-order valence-electron chi connectivity index (χ0n) is 27.2. The van der Waals surface area contributed by atoms with Crippen molar-refractivity contribution < 1.29 is 29.0 Å². The van der Waals surface area contributed by atoms with Gasteiger partial charge in [-0.2, -0.15) is 0 Å². The molecule has 4 aromatic carbocycles. The number of thioether (sulfide) groups is 1. The van der Waals surface area contributed by atoms with Crippen LogP contribution in [0.4, 0.5) is 0 Å². The van der Waals surface area contributed by atoms with Crippen LogP contribution in [-0.4, -0.2) is 64.5 Å². The van der Waals surface area contributed by atoms with Gasteiger partial charge in [-0.3, -0.25) is 24.5 Å². The molecular weight excluding hydrogens is 674 g/mol. The minimum atomic E-state index is -0.689. The third kappa shape index (κ3) is 8.04.